The van der Waals surface area contributed by atoms with Crippen LogP contribution in [0.15, 0.2) is 5.51 Å². The Morgan fingerprint density at radius 2 is 2.56 bits per heavy atom. The molecule has 4 nitrogen and oxygen atoms in total. The zero-order valence-corrected chi connectivity index (χ0v) is 10.5. The van der Waals surface area contributed by atoms with E-state index in [4.69, 9.17) is 0 Å². The molecule has 1 aliphatic heterocycles. The maximum Gasteiger partial charge on any atom is 0.239 e. The van der Waals surface area contributed by atoms with E-state index in [-0.39, 0.29) is 11.9 Å². The summed E-state index contributed by atoms with van der Waals surface area (Å²) < 4.78 is 0. The molecule has 1 aromatic rings. The average molecular weight is 239 g/mol. The first-order valence-corrected chi connectivity index (χ1v) is 6.44. The molecule has 5 heteroatoms. The van der Waals surface area contributed by atoms with Gasteiger partial charge in [0.05, 0.1) is 23.8 Å². The van der Waals surface area contributed by atoms with Crippen LogP contribution in [0.1, 0.15) is 23.4 Å². The van der Waals surface area contributed by atoms with Gasteiger partial charge in [0.25, 0.3) is 0 Å². The molecule has 0 aliphatic carbocycles. The van der Waals surface area contributed by atoms with Gasteiger partial charge in [-0.05, 0) is 26.3 Å². The smallest absolute Gasteiger partial charge is 0.239 e. The normalized spacial score (nSPS) is 20.0. The van der Waals surface area contributed by atoms with E-state index in [0.717, 1.165) is 25.1 Å². The highest BCUT2D eigenvalue weighted by Gasteiger charge is 2.25. The first-order valence-electron chi connectivity index (χ1n) is 5.56. The Hall–Kier alpha value is -0.940. The minimum absolute atomic E-state index is 0.0261. The number of aromatic nitrogens is 1. The Kier molecular flexibility index (Phi) is 3.56. The number of amides is 1. The molecule has 1 N–H and O–H groups in total. The summed E-state index contributed by atoms with van der Waals surface area (Å²) in [5.41, 5.74) is 2.86. The van der Waals surface area contributed by atoms with Crippen molar-refractivity contribution in [1.82, 2.24) is 15.2 Å². The van der Waals surface area contributed by atoms with Crippen molar-refractivity contribution < 1.29 is 4.79 Å². The lowest BCUT2D eigenvalue weighted by Gasteiger charge is -2.20. The molecule has 0 radical (unpaired) electrons. The van der Waals surface area contributed by atoms with Gasteiger partial charge in [0, 0.05) is 11.9 Å². The van der Waals surface area contributed by atoms with Gasteiger partial charge in [-0.1, -0.05) is 0 Å². The molecule has 0 saturated carbocycles. The molecular weight excluding hydrogens is 222 g/mol. The summed E-state index contributed by atoms with van der Waals surface area (Å²) in [7, 11) is 1.86. The number of nitrogens with zero attached hydrogens (tertiary/aromatic N) is 2. The molecular formula is C11H17N3OS. The largest absolute Gasteiger partial charge is 0.339 e. The Balaban J connectivity index is 1.94. The van der Waals surface area contributed by atoms with Crippen LogP contribution < -0.4 is 5.32 Å². The Labute approximate surface area is 99.7 Å². The summed E-state index contributed by atoms with van der Waals surface area (Å²) >= 11 is 1.61. The maximum atomic E-state index is 12.0. The third-order valence-corrected chi connectivity index (χ3v) is 3.88. The van der Waals surface area contributed by atoms with E-state index in [1.54, 1.807) is 16.2 Å². The van der Waals surface area contributed by atoms with Crippen LogP contribution in [0.3, 0.4) is 0 Å². The molecule has 88 valence electrons. The maximum absolute atomic E-state index is 12.0. The van der Waals surface area contributed by atoms with Gasteiger partial charge >= 0.3 is 0 Å². The molecule has 1 aromatic heterocycles. The van der Waals surface area contributed by atoms with Crippen molar-refractivity contribution in [3.8, 4) is 0 Å². The van der Waals surface area contributed by atoms with Crippen LogP contribution in [-0.2, 0) is 11.3 Å². The van der Waals surface area contributed by atoms with Crippen LogP contribution >= 0.6 is 11.3 Å². The van der Waals surface area contributed by atoms with E-state index in [2.05, 4.69) is 10.3 Å². The zero-order chi connectivity index (χ0) is 11.5. The minimum atomic E-state index is 0.0261. The molecule has 0 bridgehead atoms. The van der Waals surface area contributed by atoms with Crippen LogP contribution in [0.2, 0.25) is 0 Å². The molecule has 16 heavy (non-hydrogen) atoms. The van der Waals surface area contributed by atoms with Crippen molar-refractivity contribution in [2.75, 3.05) is 13.6 Å². The highest BCUT2D eigenvalue weighted by molar-refractivity contribution is 7.09. The lowest BCUT2D eigenvalue weighted by Crippen LogP contribution is -2.41. The number of thiazole rings is 1. The number of carbonyl (C=O) groups excluding carboxylic acids is 1. The Bertz CT molecular complexity index is 371. The highest BCUT2D eigenvalue weighted by atomic mass is 32.1. The SMILES string of the molecule is Cc1ncsc1CN(C)C(=O)[C@H]1CCCN1. The molecule has 1 atom stereocenters. The van der Waals surface area contributed by atoms with Gasteiger partial charge in [-0.25, -0.2) is 4.98 Å². The van der Waals surface area contributed by atoms with E-state index in [1.165, 1.54) is 4.88 Å². The fourth-order valence-corrected chi connectivity index (χ4v) is 2.76. The standard InChI is InChI=1S/C11H17N3OS/c1-8-10(16-7-13-8)6-14(2)11(15)9-4-3-5-12-9/h7,9,12H,3-6H2,1-2H3/t9-/m1/s1. The van der Waals surface area contributed by atoms with Gasteiger partial charge in [0.1, 0.15) is 0 Å². The fourth-order valence-electron chi connectivity index (χ4n) is 1.93. The van der Waals surface area contributed by atoms with Crippen LogP contribution in [0, 0.1) is 6.92 Å². The van der Waals surface area contributed by atoms with Crippen LogP contribution in [0.25, 0.3) is 0 Å². The van der Waals surface area contributed by atoms with Gasteiger partial charge in [-0.2, -0.15) is 0 Å². The average Bonchev–Trinajstić information content (AvgIpc) is 2.89. The molecule has 0 aromatic carbocycles. The van der Waals surface area contributed by atoms with Gasteiger partial charge in [-0.15, -0.1) is 11.3 Å². The van der Waals surface area contributed by atoms with Gasteiger partial charge in [0.15, 0.2) is 0 Å². The summed E-state index contributed by atoms with van der Waals surface area (Å²) in [6, 6.07) is 0.0261. The molecule has 2 rings (SSSR count). The lowest BCUT2D eigenvalue weighted by molar-refractivity contribution is -0.132. The molecule has 1 saturated heterocycles. The van der Waals surface area contributed by atoms with Crippen LogP contribution in [-0.4, -0.2) is 35.4 Å². The molecule has 0 unspecified atom stereocenters. The first kappa shape index (κ1) is 11.5. The second-order valence-corrected chi connectivity index (χ2v) is 5.14. The van der Waals surface area contributed by atoms with Crippen LogP contribution in [0.5, 0.6) is 0 Å². The number of nitrogens with one attached hydrogen (secondary N) is 1. The minimum Gasteiger partial charge on any atom is -0.339 e. The summed E-state index contributed by atoms with van der Waals surface area (Å²) in [4.78, 5) is 19.2. The van der Waals surface area contributed by atoms with E-state index in [9.17, 15) is 4.79 Å². The van der Waals surface area contributed by atoms with Gasteiger partial charge < -0.3 is 10.2 Å². The van der Waals surface area contributed by atoms with E-state index in [0.29, 0.717) is 6.54 Å². The molecule has 1 aliphatic rings. The predicted molar refractivity (Wildman–Crippen MR) is 64.3 cm³/mol. The quantitative estimate of drug-likeness (QED) is 0.861. The van der Waals surface area contributed by atoms with E-state index < -0.39 is 0 Å². The second kappa shape index (κ2) is 4.93. The van der Waals surface area contributed by atoms with Gasteiger partial charge in [0.2, 0.25) is 5.91 Å². The van der Waals surface area contributed by atoms with Crippen molar-refractivity contribution in [2.45, 2.75) is 32.4 Å². The number of aryl methyl sites for hydroxylation is 1. The second-order valence-electron chi connectivity index (χ2n) is 4.20. The monoisotopic (exact) mass is 239 g/mol. The van der Waals surface area contributed by atoms with Crippen molar-refractivity contribution in [3.05, 3.63) is 16.1 Å². The molecule has 1 fully saturated rings. The Morgan fingerprint density at radius 3 is 3.12 bits per heavy atom. The van der Waals surface area contributed by atoms with E-state index >= 15 is 0 Å². The van der Waals surface area contributed by atoms with Crippen molar-refractivity contribution >= 4 is 17.2 Å². The van der Waals surface area contributed by atoms with Gasteiger partial charge in [-0.3, -0.25) is 4.79 Å². The third kappa shape index (κ3) is 2.41. The zero-order valence-electron chi connectivity index (χ0n) is 9.69. The number of likely N-dealkylation sites (N-methyl/N-ethyl adjacent to an activating group) is 1. The fraction of sp³-hybridized carbons (Fsp3) is 0.636. The summed E-state index contributed by atoms with van der Waals surface area (Å²) in [6.07, 6.45) is 2.06. The molecule has 1 amide bonds. The topological polar surface area (TPSA) is 45.2 Å². The van der Waals surface area contributed by atoms with Crippen LogP contribution in [0.4, 0.5) is 0 Å². The number of hydrogen-bond acceptors (Lipinski definition) is 4. The van der Waals surface area contributed by atoms with E-state index in [1.807, 2.05) is 19.5 Å². The van der Waals surface area contributed by atoms with Crippen molar-refractivity contribution in [1.29, 1.82) is 0 Å². The predicted octanol–water partition coefficient (Wildman–Crippen LogP) is 1.16. The highest BCUT2D eigenvalue weighted by Crippen LogP contribution is 2.16. The van der Waals surface area contributed by atoms with Crippen molar-refractivity contribution in [2.24, 2.45) is 0 Å². The number of rotatable bonds is 3. The number of hydrogen-bond donors (Lipinski definition) is 1. The molecule has 2 heterocycles. The van der Waals surface area contributed by atoms with Crippen molar-refractivity contribution in [3.63, 3.8) is 0 Å². The summed E-state index contributed by atoms with van der Waals surface area (Å²) in [5.74, 6) is 0.199. The summed E-state index contributed by atoms with van der Waals surface area (Å²) in [5, 5.41) is 3.23. The lowest BCUT2D eigenvalue weighted by atomic mass is 10.2. The first-order chi connectivity index (χ1) is 7.68. The number of carbonyl (C=O) groups is 1. The molecule has 0 spiro atoms. The third-order valence-electron chi connectivity index (χ3n) is 2.96. The Morgan fingerprint density at radius 1 is 1.75 bits per heavy atom. The summed E-state index contributed by atoms with van der Waals surface area (Å²) in [6.45, 7) is 3.62.